The van der Waals surface area contributed by atoms with Gasteiger partial charge < -0.3 is 4.74 Å². The first-order chi connectivity index (χ1) is 12.7. The zero-order valence-corrected chi connectivity index (χ0v) is 14.9. The van der Waals surface area contributed by atoms with Gasteiger partial charge >= 0.3 is 5.97 Å². The Morgan fingerprint density at radius 2 is 2.08 bits per heavy atom. The molecule has 0 bridgehead atoms. The van der Waals surface area contributed by atoms with Gasteiger partial charge in [-0.1, -0.05) is 29.1 Å². The zero-order chi connectivity index (χ0) is 17.9. The van der Waals surface area contributed by atoms with Crippen molar-refractivity contribution < 1.29 is 9.53 Å². The number of fused-ring (bicyclic) bond motifs is 2. The number of hydrogen-bond donors (Lipinski definition) is 0. The molecule has 8 nitrogen and oxygen atoms in total. The highest BCUT2D eigenvalue weighted by Crippen LogP contribution is 2.27. The molecule has 0 aliphatic carbocycles. The van der Waals surface area contributed by atoms with E-state index < -0.39 is 5.97 Å². The van der Waals surface area contributed by atoms with Gasteiger partial charge in [0, 0.05) is 5.39 Å². The predicted octanol–water partition coefficient (Wildman–Crippen LogP) is 2.09. The van der Waals surface area contributed by atoms with E-state index in [1.54, 1.807) is 24.3 Å². The van der Waals surface area contributed by atoms with Gasteiger partial charge in [-0.05, 0) is 23.6 Å². The summed E-state index contributed by atoms with van der Waals surface area (Å²) in [4.78, 5) is 33.5. The molecule has 0 radical (unpaired) electrons. The first-order valence-electron chi connectivity index (χ1n) is 7.51. The molecule has 0 aliphatic heterocycles. The van der Waals surface area contributed by atoms with Gasteiger partial charge in [-0.15, -0.1) is 16.4 Å². The van der Waals surface area contributed by atoms with Gasteiger partial charge in [-0.3, -0.25) is 9.59 Å². The number of rotatable bonds is 5. The molecule has 3 heterocycles. The number of thiophene rings is 1. The van der Waals surface area contributed by atoms with Gasteiger partial charge in [-0.25, -0.2) is 9.97 Å². The Morgan fingerprint density at radius 1 is 1.19 bits per heavy atom. The van der Waals surface area contributed by atoms with Crippen molar-refractivity contribution in [2.75, 3.05) is 5.75 Å². The number of ether oxygens (including phenoxy) is 1. The molecule has 26 heavy (non-hydrogen) atoms. The monoisotopic (exact) mass is 385 g/mol. The highest BCUT2D eigenvalue weighted by Gasteiger charge is 2.11. The first kappa shape index (κ1) is 16.6. The Kier molecular flexibility index (Phi) is 4.59. The molecule has 4 rings (SSSR count). The molecule has 0 saturated heterocycles. The van der Waals surface area contributed by atoms with Crippen molar-refractivity contribution in [1.29, 1.82) is 0 Å². The molecule has 3 aromatic heterocycles. The fraction of sp³-hybridized carbons (Fsp3) is 0.125. The van der Waals surface area contributed by atoms with Gasteiger partial charge in [-0.2, -0.15) is 4.68 Å². The maximum absolute atomic E-state index is 12.3. The van der Waals surface area contributed by atoms with E-state index in [2.05, 4.69) is 20.3 Å². The Morgan fingerprint density at radius 3 is 3.00 bits per heavy atom. The van der Waals surface area contributed by atoms with Crippen molar-refractivity contribution in [2.24, 2.45) is 0 Å². The molecule has 130 valence electrons. The first-order valence-corrected chi connectivity index (χ1v) is 9.38. The van der Waals surface area contributed by atoms with Gasteiger partial charge in [0.05, 0.1) is 11.1 Å². The van der Waals surface area contributed by atoms with Crippen molar-refractivity contribution >= 4 is 50.2 Å². The van der Waals surface area contributed by atoms with E-state index in [4.69, 9.17) is 4.74 Å². The van der Waals surface area contributed by atoms with Crippen LogP contribution >= 0.6 is 23.1 Å². The molecule has 1 aromatic carbocycles. The van der Waals surface area contributed by atoms with Crippen molar-refractivity contribution in [2.45, 2.75) is 11.8 Å². The lowest BCUT2D eigenvalue weighted by Crippen LogP contribution is -2.26. The quantitative estimate of drug-likeness (QED) is 0.292. The van der Waals surface area contributed by atoms with Gasteiger partial charge in [0.2, 0.25) is 0 Å². The number of aromatic nitrogens is 5. The summed E-state index contributed by atoms with van der Waals surface area (Å²) < 4.78 is 6.15. The number of benzene rings is 1. The van der Waals surface area contributed by atoms with E-state index in [9.17, 15) is 9.59 Å². The molecule has 0 N–H and O–H groups in total. The lowest BCUT2D eigenvalue weighted by molar-refractivity contribution is -0.144. The highest BCUT2D eigenvalue weighted by atomic mass is 32.2. The van der Waals surface area contributed by atoms with E-state index in [0.717, 1.165) is 19.9 Å². The van der Waals surface area contributed by atoms with Crippen LogP contribution in [0.4, 0.5) is 0 Å². The Labute approximate surface area is 154 Å². The van der Waals surface area contributed by atoms with Crippen LogP contribution in [0.15, 0.2) is 51.9 Å². The van der Waals surface area contributed by atoms with Crippen molar-refractivity contribution in [3.05, 3.63) is 52.4 Å². The lowest BCUT2D eigenvalue weighted by Gasteiger charge is -2.06. The van der Waals surface area contributed by atoms with Crippen LogP contribution in [0.2, 0.25) is 0 Å². The standard InChI is InChI=1S/C16H11N5O3S2/c22-13(7-26-15-11-5-6-25-14(11)17-8-18-15)24-9-21-16(23)10-3-1-2-4-12(10)19-20-21/h1-6,8H,7,9H2. The summed E-state index contributed by atoms with van der Waals surface area (Å²) in [5, 5.41) is 11.7. The number of carbonyl (C=O) groups is 1. The maximum atomic E-state index is 12.3. The molecular weight excluding hydrogens is 374 g/mol. The number of esters is 1. The normalized spacial score (nSPS) is 11.1. The van der Waals surface area contributed by atoms with Crippen LogP contribution in [0.1, 0.15) is 0 Å². The smallest absolute Gasteiger partial charge is 0.318 e. The third-order valence-corrected chi connectivity index (χ3v) is 5.33. The third kappa shape index (κ3) is 3.28. The van der Waals surface area contributed by atoms with E-state index in [1.165, 1.54) is 29.4 Å². The van der Waals surface area contributed by atoms with Crippen LogP contribution in [-0.2, 0) is 16.3 Å². The van der Waals surface area contributed by atoms with Crippen LogP contribution < -0.4 is 5.56 Å². The third-order valence-electron chi connectivity index (χ3n) is 3.53. The van der Waals surface area contributed by atoms with E-state index >= 15 is 0 Å². The van der Waals surface area contributed by atoms with Crippen molar-refractivity contribution in [3.63, 3.8) is 0 Å². The Balaban J connectivity index is 1.41. The molecule has 10 heteroatoms. The largest absolute Gasteiger partial charge is 0.441 e. The lowest BCUT2D eigenvalue weighted by atomic mass is 10.2. The van der Waals surface area contributed by atoms with Gasteiger partial charge in [0.1, 0.15) is 21.7 Å². The van der Waals surface area contributed by atoms with E-state index in [0.29, 0.717) is 10.9 Å². The summed E-state index contributed by atoms with van der Waals surface area (Å²) in [6.45, 7) is -0.284. The summed E-state index contributed by atoms with van der Waals surface area (Å²) in [7, 11) is 0. The van der Waals surface area contributed by atoms with Crippen LogP contribution in [0.25, 0.3) is 21.1 Å². The fourth-order valence-corrected chi connectivity index (χ4v) is 3.87. The molecule has 0 saturated carbocycles. The van der Waals surface area contributed by atoms with Crippen molar-refractivity contribution in [1.82, 2.24) is 25.0 Å². The second kappa shape index (κ2) is 7.18. The van der Waals surface area contributed by atoms with Crippen molar-refractivity contribution in [3.8, 4) is 0 Å². The number of carbonyl (C=O) groups excluding carboxylic acids is 1. The average molecular weight is 385 g/mol. The van der Waals surface area contributed by atoms with E-state index in [-0.39, 0.29) is 18.0 Å². The molecule has 0 amide bonds. The fourth-order valence-electron chi connectivity index (χ4n) is 2.29. The summed E-state index contributed by atoms with van der Waals surface area (Å²) >= 11 is 2.77. The minimum absolute atomic E-state index is 0.0672. The Hall–Kier alpha value is -2.85. The summed E-state index contributed by atoms with van der Waals surface area (Å²) in [6, 6.07) is 8.78. The van der Waals surface area contributed by atoms with Crippen LogP contribution in [0.3, 0.4) is 0 Å². The topological polar surface area (TPSA) is 99.9 Å². The molecule has 0 spiro atoms. The predicted molar refractivity (Wildman–Crippen MR) is 98.0 cm³/mol. The van der Waals surface area contributed by atoms with Gasteiger partial charge in [0.25, 0.3) is 5.56 Å². The second-order valence-corrected chi connectivity index (χ2v) is 7.02. The summed E-state index contributed by atoms with van der Waals surface area (Å²) in [5.41, 5.74) is 0.144. The van der Waals surface area contributed by atoms with E-state index in [1.807, 2.05) is 11.4 Å². The Bertz CT molecular complexity index is 1160. The molecule has 0 fully saturated rings. The molecule has 0 atom stereocenters. The van der Waals surface area contributed by atoms with Crippen LogP contribution in [-0.4, -0.2) is 36.7 Å². The number of hydrogen-bond acceptors (Lipinski definition) is 9. The SMILES string of the molecule is O=C(CSc1ncnc2sccc12)OCn1nnc2ccccc2c1=O. The average Bonchev–Trinajstić information content (AvgIpc) is 3.15. The minimum Gasteiger partial charge on any atom is -0.441 e. The molecule has 4 aromatic rings. The molecule has 0 aliphatic rings. The molecule has 0 unspecified atom stereocenters. The number of thioether (sulfide) groups is 1. The highest BCUT2D eigenvalue weighted by molar-refractivity contribution is 8.00. The second-order valence-electron chi connectivity index (χ2n) is 5.16. The summed E-state index contributed by atoms with van der Waals surface area (Å²) in [6.07, 6.45) is 1.47. The minimum atomic E-state index is -0.473. The zero-order valence-electron chi connectivity index (χ0n) is 13.2. The summed E-state index contributed by atoms with van der Waals surface area (Å²) in [5.74, 6) is -0.406. The maximum Gasteiger partial charge on any atom is 0.318 e. The van der Waals surface area contributed by atoms with Crippen LogP contribution in [0, 0.1) is 0 Å². The number of nitrogens with zero attached hydrogens (tertiary/aromatic N) is 5. The molecular formula is C16H11N5O3S2. The van der Waals surface area contributed by atoms with Gasteiger partial charge in [0.15, 0.2) is 6.73 Å². The van der Waals surface area contributed by atoms with Crippen LogP contribution in [0.5, 0.6) is 0 Å².